The number of ether oxygens (including phenoxy) is 1. The standard InChI is InChI=1S/C13H16N4O4/c14-13(16-20)9-1-3-10(4-2-9)21-8-12(19)17-6-5-15-11(18)7-17/h1-4,20H,5-8H2,(H2,14,16)(H,15,18). The predicted octanol–water partition coefficient (Wildman–Crippen LogP) is -0.882. The molecule has 2 rings (SSSR count). The third-order valence-corrected chi connectivity index (χ3v) is 3.01. The average Bonchev–Trinajstić information content (AvgIpc) is 2.52. The summed E-state index contributed by atoms with van der Waals surface area (Å²) in [6, 6.07) is 6.46. The fraction of sp³-hybridized carbons (Fsp3) is 0.308. The molecule has 0 saturated carbocycles. The number of amidine groups is 1. The Hall–Kier alpha value is -2.77. The number of hydrogen-bond acceptors (Lipinski definition) is 5. The first-order valence-corrected chi connectivity index (χ1v) is 6.35. The normalized spacial score (nSPS) is 15.5. The molecule has 0 aliphatic carbocycles. The molecule has 0 bridgehead atoms. The molecule has 0 unspecified atom stereocenters. The fourth-order valence-corrected chi connectivity index (χ4v) is 1.87. The van der Waals surface area contributed by atoms with Crippen LogP contribution in [0.3, 0.4) is 0 Å². The highest BCUT2D eigenvalue weighted by Crippen LogP contribution is 2.12. The summed E-state index contributed by atoms with van der Waals surface area (Å²) in [4.78, 5) is 24.5. The minimum absolute atomic E-state index is 0.00282. The Kier molecular flexibility index (Phi) is 4.60. The maximum absolute atomic E-state index is 11.9. The first-order valence-electron chi connectivity index (χ1n) is 6.35. The average molecular weight is 292 g/mol. The quantitative estimate of drug-likeness (QED) is 0.288. The summed E-state index contributed by atoms with van der Waals surface area (Å²) < 4.78 is 5.36. The van der Waals surface area contributed by atoms with E-state index in [1.807, 2.05) is 0 Å². The van der Waals surface area contributed by atoms with Gasteiger partial charge in [-0.25, -0.2) is 0 Å². The van der Waals surface area contributed by atoms with E-state index in [9.17, 15) is 9.59 Å². The number of benzene rings is 1. The van der Waals surface area contributed by atoms with Crippen molar-refractivity contribution < 1.29 is 19.5 Å². The number of carbonyl (C=O) groups is 2. The maximum atomic E-state index is 11.9. The summed E-state index contributed by atoms with van der Waals surface area (Å²) in [6.07, 6.45) is 0. The lowest BCUT2D eigenvalue weighted by Crippen LogP contribution is -2.51. The summed E-state index contributed by atoms with van der Waals surface area (Å²) in [6.45, 7) is 0.857. The summed E-state index contributed by atoms with van der Waals surface area (Å²) in [5.41, 5.74) is 5.98. The van der Waals surface area contributed by atoms with Gasteiger partial charge in [-0.1, -0.05) is 5.16 Å². The molecule has 1 heterocycles. The lowest BCUT2D eigenvalue weighted by atomic mass is 10.2. The topological polar surface area (TPSA) is 117 Å². The summed E-state index contributed by atoms with van der Waals surface area (Å²) in [7, 11) is 0. The van der Waals surface area contributed by atoms with Crippen molar-refractivity contribution in [3.05, 3.63) is 29.8 Å². The van der Waals surface area contributed by atoms with Gasteiger partial charge in [-0.3, -0.25) is 9.59 Å². The fourth-order valence-electron chi connectivity index (χ4n) is 1.87. The van der Waals surface area contributed by atoms with Gasteiger partial charge in [0.1, 0.15) is 5.75 Å². The van der Waals surface area contributed by atoms with Crippen LogP contribution in [0.4, 0.5) is 0 Å². The molecule has 0 atom stereocenters. The molecule has 21 heavy (non-hydrogen) atoms. The van der Waals surface area contributed by atoms with Gasteiger partial charge in [0.05, 0.1) is 6.54 Å². The Balaban J connectivity index is 1.87. The van der Waals surface area contributed by atoms with Crippen LogP contribution in [0, 0.1) is 0 Å². The lowest BCUT2D eigenvalue weighted by Gasteiger charge is -2.26. The monoisotopic (exact) mass is 292 g/mol. The molecule has 0 spiro atoms. The molecule has 8 heteroatoms. The van der Waals surface area contributed by atoms with Gasteiger partial charge in [-0.2, -0.15) is 0 Å². The summed E-state index contributed by atoms with van der Waals surface area (Å²) in [5.74, 6) is 0.0688. The van der Waals surface area contributed by atoms with Gasteiger partial charge >= 0.3 is 0 Å². The second-order valence-corrected chi connectivity index (χ2v) is 4.46. The number of nitrogens with zero attached hydrogens (tertiary/aromatic N) is 2. The minimum atomic E-state index is -0.245. The van der Waals surface area contributed by atoms with E-state index in [2.05, 4.69) is 10.5 Å². The van der Waals surface area contributed by atoms with E-state index < -0.39 is 0 Å². The zero-order valence-electron chi connectivity index (χ0n) is 11.3. The van der Waals surface area contributed by atoms with Crippen LogP contribution in [0.1, 0.15) is 5.56 Å². The van der Waals surface area contributed by atoms with Crippen LogP contribution in [0.2, 0.25) is 0 Å². The Morgan fingerprint density at radius 3 is 2.76 bits per heavy atom. The number of amides is 2. The molecule has 0 radical (unpaired) electrons. The Bertz CT molecular complexity index is 556. The van der Waals surface area contributed by atoms with Crippen molar-refractivity contribution >= 4 is 17.6 Å². The van der Waals surface area contributed by atoms with Gasteiger partial charge in [0.2, 0.25) is 5.91 Å². The minimum Gasteiger partial charge on any atom is -0.484 e. The molecule has 1 fully saturated rings. The van der Waals surface area contributed by atoms with Crippen molar-refractivity contribution in [2.45, 2.75) is 0 Å². The van der Waals surface area contributed by atoms with Crippen LogP contribution in [0.15, 0.2) is 29.4 Å². The predicted molar refractivity (Wildman–Crippen MR) is 74.0 cm³/mol. The third-order valence-electron chi connectivity index (χ3n) is 3.01. The van der Waals surface area contributed by atoms with Gasteiger partial charge in [0.25, 0.3) is 5.91 Å². The molecular formula is C13H16N4O4. The molecule has 2 amide bonds. The molecule has 112 valence electrons. The van der Waals surface area contributed by atoms with E-state index in [0.29, 0.717) is 24.4 Å². The van der Waals surface area contributed by atoms with E-state index in [1.165, 1.54) is 4.90 Å². The van der Waals surface area contributed by atoms with Gasteiger partial charge in [-0.15, -0.1) is 0 Å². The summed E-state index contributed by atoms with van der Waals surface area (Å²) in [5, 5.41) is 14.1. The van der Waals surface area contributed by atoms with Crippen molar-refractivity contribution in [1.82, 2.24) is 10.2 Å². The molecule has 4 N–H and O–H groups in total. The van der Waals surface area contributed by atoms with Crippen molar-refractivity contribution in [2.24, 2.45) is 10.9 Å². The van der Waals surface area contributed by atoms with Gasteiger partial charge in [0, 0.05) is 18.7 Å². The molecule has 1 aromatic carbocycles. The molecule has 0 aromatic heterocycles. The van der Waals surface area contributed by atoms with Crippen molar-refractivity contribution in [3.8, 4) is 5.75 Å². The zero-order valence-corrected chi connectivity index (χ0v) is 11.3. The Morgan fingerprint density at radius 1 is 1.43 bits per heavy atom. The van der Waals surface area contributed by atoms with Crippen LogP contribution in [0.5, 0.6) is 5.75 Å². The van der Waals surface area contributed by atoms with E-state index in [-0.39, 0.29) is 30.8 Å². The van der Waals surface area contributed by atoms with E-state index in [4.69, 9.17) is 15.7 Å². The zero-order chi connectivity index (χ0) is 15.2. The van der Waals surface area contributed by atoms with Crippen LogP contribution >= 0.6 is 0 Å². The van der Waals surface area contributed by atoms with Crippen molar-refractivity contribution in [1.29, 1.82) is 0 Å². The molecular weight excluding hydrogens is 276 g/mol. The van der Waals surface area contributed by atoms with Crippen LogP contribution in [0.25, 0.3) is 0 Å². The highest BCUT2D eigenvalue weighted by Gasteiger charge is 2.21. The van der Waals surface area contributed by atoms with E-state index >= 15 is 0 Å². The number of carbonyl (C=O) groups excluding carboxylic acids is 2. The molecule has 1 aliphatic heterocycles. The Labute approximate surface area is 121 Å². The van der Waals surface area contributed by atoms with Gasteiger partial charge in [0.15, 0.2) is 12.4 Å². The highest BCUT2D eigenvalue weighted by molar-refractivity contribution is 5.97. The van der Waals surface area contributed by atoms with Gasteiger partial charge in [-0.05, 0) is 24.3 Å². The molecule has 1 aromatic rings. The first-order chi connectivity index (χ1) is 10.1. The largest absolute Gasteiger partial charge is 0.484 e. The number of piperazine rings is 1. The molecule has 8 nitrogen and oxygen atoms in total. The number of hydrogen-bond donors (Lipinski definition) is 3. The first kappa shape index (κ1) is 14.6. The number of nitrogens with one attached hydrogen (secondary N) is 1. The lowest BCUT2D eigenvalue weighted by molar-refractivity contribution is -0.139. The molecule has 1 aliphatic rings. The van der Waals surface area contributed by atoms with Crippen molar-refractivity contribution in [2.75, 3.05) is 26.2 Å². The maximum Gasteiger partial charge on any atom is 0.261 e. The van der Waals surface area contributed by atoms with E-state index in [1.54, 1.807) is 24.3 Å². The molecule has 1 saturated heterocycles. The van der Waals surface area contributed by atoms with E-state index in [0.717, 1.165) is 0 Å². The van der Waals surface area contributed by atoms with Gasteiger partial charge < -0.3 is 25.9 Å². The van der Waals surface area contributed by atoms with Crippen LogP contribution in [-0.4, -0.2) is 54.0 Å². The van der Waals surface area contributed by atoms with Crippen LogP contribution < -0.4 is 15.8 Å². The smallest absolute Gasteiger partial charge is 0.261 e. The second kappa shape index (κ2) is 6.60. The van der Waals surface area contributed by atoms with Crippen LogP contribution in [-0.2, 0) is 9.59 Å². The SMILES string of the molecule is N/C(=N\O)c1ccc(OCC(=O)N2CCNC(=O)C2)cc1. The highest BCUT2D eigenvalue weighted by atomic mass is 16.5. The third kappa shape index (κ3) is 3.85. The summed E-state index contributed by atoms with van der Waals surface area (Å²) >= 11 is 0. The number of nitrogens with two attached hydrogens (primary N) is 1. The second-order valence-electron chi connectivity index (χ2n) is 4.46. The number of oxime groups is 1. The number of rotatable bonds is 4. The Morgan fingerprint density at radius 2 is 2.14 bits per heavy atom. The van der Waals surface area contributed by atoms with Crippen molar-refractivity contribution in [3.63, 3.8) is 0 Å².